The third kappa shape index (κ3) is 5.67. The first-order valence-corrected chi connectivity index (χ1v) is 10.9. The topological polar surface area (TPSA) is 58.1 Å². The Morgan fingerprint density at radius 1 is 1.30 bits per heavy atom. The minimum Gasteiger partial charge on any atom is -0.381 e. The highest BCUT2D eigenvalue weighted by molar-refractivity contribution is 7.10. The maximum Gasteiger partial charge on any atom is 0.191 e. The van der Waals surface area contributed by atoms with Gasteiger partial charge in [0.05, 0.1) is 19.8 Å². The lowest BCUT2D eigenvalue weighted by molar-refractivity contribution is 0.00246. The summed E-state index contributed by atoms with van der Waals surface area (Å²) in [6.07, 6.45) is 1.14. The van der Waals surface area contributed by atoms with Crippen LogP contribution in [0, 0.1) is 5.92 Å². The maximum atomic E-state index is 5.67. The Hall–Kier alpha value is -1.15. The Balaban J connectivity index is 1.54. The molecule has 7 heteroatoms. The number of hydrogen-bond donors (Lipinski definition) is 2. The molecule has 3 heterocycles. The number of hydrogen-bond acceptors (Lipinski definition) is 5. The summed E-state index contributed by atoms with van der Waals surface area (Å²) in [5.41, 5.74) is 0.0781. The predicted octanol–water partition coefficient (Wildman–Crippen LogP) is 1.93. The Labute approximate surface area is 167 Å². The molecule has 1 aromatic rings. The number of guanidine groups is 1. The van der Waals surface area contributed by atoms with Crippen LogP contribution in [0.4, 0.5) is 0 Å². The Bertz CT molecular complexity index is 579. The molecule has 2 saturated heterocycles. The molecule has 0 radical (unpaired) electrons. The highest BCUT2D eigenvalue weighted by atomic mass is 32.1. The van der Waals surface area contributed by atoms with E-state index in [9.17, 15) is 0 Å². The van der Waals surface area contributed by atoms with Crippen LogP contribution in [0.5, 0.6) is 0 Å². The molecule has 1 aromatic heterocycles. The van der Waals surface area contributed by atoms with Crippen LogP contribution in [0.25, 0.3) is 0 Å². The van der Waals surface area contributed by atoms with E-state index in [1.807, 2.05) is 18.4 Å². The van der Waals surface area contributed by atoms with Gasteiger partial charge in [-0.15, -0.1) is 11.3 Å². The van der Waals surface area contributed by atoms with Gasteiger partial charge in [0.1, 0.15) is 0 Å². The van der Waals surface area contributed by atoms with Crippen molar-refractivity contribution in [3.63, 3.8) is 0 Å². The van der Waals surface area contributed by atoms with Gasteiger partial charge in [-0.05, 0) is 17.9 Å². The largest absolute Gasteiger partial charge is 0.381 e. The summed E-state index contributed by atoms with van der Waals surface area (Å²) < 4.78 is 11.2. The first kappa shape index (κ1) is 20.6. The zero-order valence-corrected chi connectivity index (χ0v) is 17.7. The lowest BCUT2D eigenvalue weighted by Crippen LogP contribution is -2.54. The van der Waals surface area contributed by atoms with Crippen LogP contribution in [0.1, 0.15) is 25.1 Å². The van der Waals surface area contributed by atoms with Crippen LogP contribution in [0.3, 0.4) is 0 Å². The van der Waals surface area contributed by atoms with Crippen molar-refractivity contribution in [2.24, 2.45) is 10.9 Å². The molecule has 2 unspecified atom stereocenters. The smallest absolute Gasteiger partial charge is 0.191 e. The number of morpholine rings is 1. The van der Waals surface area contributed by atoms with Crippen molar-refractivity contribution in [2.45, 2.75) is 31.7 Å². The van der Waals surface area contributed by atoms with E-state index < -0.39 is 0 Å². The fourth-order valence-corrected chi connectivity index (χ4v) is 4.69. The number of rotatable bonds is 7. The molecule has 2 fully saturated rings. The van der Waals surface area contributed by atoms with E-state index in [-0.39, 0.29) is 5.41 Å². The average Bonchev–Trinajstić information content (AvgIpc) is 3.39. The van der Waals surface area contributed by atoms with Crippen molar-refractivity contribution in [1.82, 2.24) is 15.5 Å². The zero-order chi connectivity index (χ0) is 19.1. The molecular weight excluding hydrogens is 360 g/mol. The Morgan fingerprint density at radius 2 is 2.11 bits per heavy atom. The van der Waals surface area contributed by atoms with Crippen LogP contribution < -0.4 is 10.6 Å². The highest BCUT2D eigenvalue weighted by Gasteiger charge is 2.31. The van der Waals surface area contributed by atoms with Gasteiger partial charge in [-0.3, -0.25) is 9.89 Å². The minimum atomic E-state index is 0.0781. The molecule has 2 aliphatic rings. The Kier molecular flexibility index (Phi) is 7.52. The monoisotopic (exact) mass is 394 g/mol. The average molecular weight is 395 g/mol. The van der Waals surface area contributed by atoms with Crippen molar-refractivity contribution in [3.05, 3.63) is 22.4 Å². The summed E-state index contributed by atoms with van der Waals surface area (Å²) in [6.45, 7) is 11.7. The lowest BCUT2D eigenvalue weighted by Gasteiger charge is -2.37. The van der Waals surface area contributed by atoms with Crippen molar-refractivity contribution in [2.75, 3.05) is 59.7 Å². The summed E-state index contributed by atoms with van der Waals surface area (Å²) in [4.78, 5) is 8.38. The molecule has 3 rings (SSSR count). The number of aliphatic imine (C=N–C) groups is 1. The summed E-state index contributed by atoms with van der Waals surface area (Å²) in [6, 6.07) is 4.78. The van der Waals surface area contributed by atoms with E-state index in [0.717, 1.165) is 65.0 Å². The molecule has 0 aliphatic carbocycles. The molecule has 2 N–H and O–H groups in total. The molecule has 0 amide bonds. The molecule has 6 nitrogen and oxygen atoms in total. The van der Waals surface area contributed by atoms with Gasteiger partial charge in [-0.2, -0.15) is 0 Å². The van der Waals surface area contributed by atoms with Gasteiger partial charge >= 0.3 is 0 Å². The fraction of sp³-hybridized carbons (Fsp3) is 0.750. The van der Waals surface area contributed by atoms with Gasteiger partial charge < -0.3 is 20.1 Å². The molecule has 0 saturated carbocycles. The van der Waals surface area contributed by atoms with Gasteiger partial charge in [-0.1, -0.05) is 19.9 Å². The summed E-state index contributed by atoms with van der Waals surface area (Å²) in [7, 11) is 1.84. The van der Waals surface area contributed by atoms with Crippen LogP contribution in [0.15, 0.2) is 22.5 Å². The number of ether oxygens (including phenoxy) is 2. The molecule has 2 aliphatic heterocycles. The third-order valence-corrected chi connectivity index (χ3v) is 6.85. The van der Waals surface area contributed by atoms with Crippen molar-refractivity contribution >= 4 is 17.3 Å². The summed E-state index contributed by atoms with van der Waals surface area (Å²) in [5.74, 6) is 1.45. The number of thiophene rings is 1. The van der Waals surface area contributed by atoms with Crippen molar-refractivity contribution in [3.8, 4) is 0 Å². The molecule has 2 atom stereocenters. The molecule has 0 spiro atoms. The SMILES string of the molecule is CN=C(NCC(C1CCOC1)N1CCOCC1)NCC(C)(C)c1cccs1. The number of nitrogens with one attached hydrogen (secondary N) is 2. The second-order valence-electron chi connectivity index (χ2n) is 8.01. The Morgan fingerprint density at radius 3 is 2.74 bits per heavy atom. The molecular formula is C20H34N4O2S. The quantitative estimate of drug-likeness (QED) is 0.547. The predicted molar refractivity (Wildman–Crippen MR) is 112 cm³/mol. The van der Waals surface area contributed by atoms with Gasteiger partial charge in [0.15, 0.2) is 5.96 Å². The molecule has 0 aromatic carbocycles. The first-order valence-electron chi connectivity index (χ1n) is 9.98. The second-order valence-corrected chi connectivity index (χ2v) is 8.95. The second kappa shape index (κ2) is 9.87. The van der Waals surface area contributed by atoms with Gasteiger partial charge in [0, 0.05) is 62.1 Å². The normalized spacial score (nSPS) is 23.4. The van der Waals surface area contributed by atoms with Gasteiger partial charge in [0.2, 0.25) is 0 Å². The number of nitrogens with zero attached hydrogens (tertiary/aromatic N) is 2. The van der Waals surface area contributed by atoms with Crippen LogP contribution in [-0.2, 0) is 14.9 Å². The summed E-state index contributed by atoms with van der Waals surface area (Å²) >= 11 is 1.81. The van der Waals surface area contributed by atoms with E-state index in [0.29, 0.717) is 12.0 Å². The maximum absolute atomic E-state index is 5.67. The van der Waals surface area contributed by atoms with E-state index in [1.165, 1.54) is 4.88 Å². The van der Waals surface area contributed by atoms with E-state index in [4.69, 9.17) is 9.47 Å². The van der Waals surface area contributed by atoms with Crippen LogP contribution in [-0.4, -0.2) is 76.6 Å². The van der Waals surface area contributed by atoms with Crippen molar-refractivity contribution < 1.29 is 9.47 Å². The van der Waals surface area contributed by atoms with Gasteiger partial charge in [0.25, 0.3) is 0 Å². The zero-order valence-electron chi connectivity index (χ0n) is 16.9. The standard InChI is InChI=1S/C20H34N4O2S/c1-20(2,18-5-4-12-27-18)15-23-19(21-3)22-13-17(16-6-9-26-14-16)24-7-10-25-11-8-24/h4-5,12,16-17H,6-11,13-15H2,1-3H3,(H2,21,22,23). The van der Waals surface area contributed by atoms with E-state index in [1.54, 1.807) is 0 Å². The third-order valence-electron chi connectivity index (χ3n) is 5.61. The fourth-order valence-electron chi connectivity index (χ4n) is 3.84. The molecule has 0 bridgehead atoms. The molecule has 152 valence electrons. The van der Waals surface area contributed by atoms with Crippen molar-refractivity contribution in [1.29, 1.82) is 0 Å². The first-order chi connectivity index (χ1) is 13.1. The highest BCUT2D eigenvalue weighted by Crippen LogP contribution is 2.26. The molecule has 27 heavy (non-hydrogen) atoms. The van der Waals surface area contributed by atoms with Crippen LogP contribution in [0.2, 0.25) is 0 Å². The summed E-state index contributed by atoms with van der Waals surface area (Å²) in [5, 5.41) is 9.22. The lowest BCUT2D eigenvalue weighted by atomic mass is 9.91. The van der Waals surface area contributed by atoms with Gasteiger partial charge in [-0.25, -0.2) is 0 Å². The minimum absolute atomic E-state index is 0.0781. The van der Waals surface area contributed by atoms with E-state index >= 15 is 0 Å². The van der Waals surface area contributed by atoms with Crippen LogP contribution >= 0.6 is 11.3 Å². The van der Waals surface area contributed by atoms with E-state index in [2.05, 4.69) is 51.9 Å².